The summed E-state index contributed by atoms with van der Waals surface area (Å²) in [6.07, 6.45) is 0.509. The Labute approximate surface area is 79.6 Å². The van der Waals surface area contributed by atoms with Gasteiger partial charge in [-0.1, -0.05) is 0 Å². The van der Waals surface area contributed by atoms with Gasteiger partial charge in [0.2, 0.25) is 0 Å². The molecule has 0 aliphatic carbocycles. The monoisotopic (exact) mass is 207 g/mol. The SMILES string of the molecule is CNCCS(=O)(=O)C1CCOC1C. The molecule has 0 bridgehead atoms. The summed E-state index contributed by atoms with van der Waals surface area (Å²) in [6.45, 7) is 2.92. The molecule has 78 valence electrons. The maximum atomic E-state index is 11.7. The molecule has 1 rings (SSSR count). The van der Waals surface area contributed by atoms with Crippen molar-refractivity contribution in [2.24, 2.45) is 0 Å². The van der Waals surface area contributed by atoms with E-state index in [-0.39, 0.29) is 17.1 Å². The van der Waals surface area contributed by atoms with Crippen LogP contribution in [0.4, 0.5) is 0 Å². The maximum Gasteiger partial charge on any atom is 0.157 e. The van der Waals surface area contributed by atoms with E-state index in [0.717, 1.165) is 0 Å². The molecule has 0 aromatic heterocycles. The van der Waals surface area contributed by atoms with E-state index in [0.29, 0.717) is 19.6 Å². The van der Waals surface area contributed by atoms with Gasteiger partial charge in [-0.2, -0.15) is 0 Å². The maximum absolute atomic E-state index is 11.7. The molecule has 1 N–H and O–H groups in total. The fourth-order valence-electron chi connectivity index (χ4n) is 1.58. The van der Waals surface area contributed by atoms with E-state index in [1.54, 1.807) is 7.05 Å². The van der Waals surface area contributed by atoms with Crippen LogP contribution < -0.4 is 5.32 Å². The minimum Gasteiger partial charge on any atom is -0.377 e. The molecule has 2 atom stereocenters. The first-order valence-corrected chi connectivity index (χ1v) is 6.27. The van der Waals surface area contributed by atoms with Crippen LogP contribution in [0.5, 0.6) is 0 Å². The molecule has 0 aromatic rings. The summed E-state index contributed by atoms with van der Waals surface area (Å²) < 4.78 is 28.6. The highest BCUT2D eigenvalue weighted by Gasteiger charge is 2.34. The molecule has 13 heavy (non-hydrogen) atoms. The minimum absolute atomic E-state index is 0.137. The number of ether oxygens (including phenoxy) is 1. The first kappa shape index (κ1) is 10.9. The molecular formula is C8H17NO3S. The van der Waals surface area contributed by atoms with Gasteiger partial charge < -0.3 is 10.1 Å². The van der Waals surface area contributed by atoms with E-state index in [2.05, 4.69) is 5.32 Å². The highest BCUT2D eigenvalue weighted by molar-refractivity contribution is 7.92. The second kappa shape index (κ2) is 4.39. The van der Waals surface area contributed by atoms with Crippen LogP contribution in [0.25, 0.3) is 0 Å². The van der Waals surface area contributed by atoms with Gasteiger partial charge in [-0.25, -0.2) is 8.42 Å². The van der Waals surface area contributed by atoms with Gasteiger partial charge in [-0.15, -0.1) is 0 Å². The molecule has 4 nitrogen and oxygen atoms in total. The van der Waals surface area contributed by atoms with Gasteiger partial charge in [-0.3, -0.25) is 0 Å². The number of sulfone groups is 1. The van der Waals surface area contributed by atoms with Gasteiger partial charge in [0.1, 0.15) is 0 Å². The fourth-order valence-corrected chi connectivity index (χ4v) is 3.49. The molecule has 1 aliphatic rings. The van der Waals surface area contributed by atoms with Crippen LogP contribution >= 0.6 is 0 Å². The van der Waals surface area contributed by atoms with E-state index in [9.17, 15) is 8.42 Å². The van der Waals surface area contributed by atoms with Crippen LogP contribution in [0.1, 0.15) is 13.3 Å². The Morgan fingerprint density at radius 3 is 2.69 bits per heavy atom. The van der Waals surface area contributed by atoms with Crippen molar-refractivity contribution in [1.82, 2.24) is 5.32 Å². The highest BCUT2D eigenvalue weighted by Crippen LogP contribution is 2.20. The third-order valence-electron chi connectivity index (χ3n) is 2.40. The highest BCUT2D eigenvalue weighted by atomic mass is 32.2. The van der Waals surface area contributed by atoms with E-state index in [1.807, 2.05) is 6.92 Å². The van der Waals surface area contributed by atoms with Crippen molar-refractivity contribution >= 4 is 9.84 Å². The Kier molecular flexibility index (Phi) is 3.70. The van der Waals surface area contributed by atoms with Gasteiger partial charge in [0.25, 0.3) is 0 Å². The van der Waals surface area contributed by atoms with Gasteiger partial charge in [0, 0.05) is 13.2 Å². The predicted molar refractivity (Wildman–Crippen MR) is 51.5 cm³/mol. The Balaban J connectivity index is 2.58. The van der Waals surface area contributed by atoms with Crippen molar-refractivity contribution in [1.29, 1.82) is 0 Å². The molecule has 0 amide bonds. The molecule has 1 fully saturated rings. The Morgan fingerprint density at radius 2 is 2.23 bits per heavy atom. The summed E-state index contributed by atoms with van der Waals surface area (Å²) in [7, 11) is -1.20. The van der Waals surface area contributed by atoms with Gasteiger partial charge in [0.05, 0.1) is 17.1 Å². The third kappa shape index (κ3) is 2.65. The molecule has 1 aliphatic heterocycles. The van der Waals surface area contributed by atoms with Gasteiger partial charge >= 0.3 is 0 Å². The van der Waals surface area contributed by atoms with Crippen LogP contribution in [0, 0.1) is 0 Å². The lowest BCUT2D eigenvalue weighted by Gasteiger charge is -2.14. The van der Waals surface area contributed by atoms with Crippen LogP contribution in [0.15, 0.2) is 0 Å². The van der Waals surface area contributed by atoms with Crippen LogP contribution in [0.3, 0.4) is 0 Å². The predicted octanol–water partition coefficient (Wildman–Crippen LogP) is -0.202. The molecule has 5 heteroatoms. The van der Waals surface area contributed by atoms with E-state index in [4.69, 9.17) is 4.74 Å². The minimum atomic E-state index is -2.96. The Bertz CT molecular complexity index is 250. The fraction of sp³-hybridized carbons (Fsp3) is 1.00. The summed E-state index contributed by atoms with van der Waals surface area (Å²) in [5.41, 5.74) is 0. The lowest BCUT2D eigenvalue weighted by molar-refractivity contribution is 0.126. The first-order valence-electron chi connectivity index (χ1n) is 4.55. The van der Waals surface area contributed by atoms with E-state index >= 15 is 0 Å². The van der Waals surface area contributed by atoms with Gasteiger partial charge in [-0.05, 0) is 20.4 Å². The number of hydrogen-bond donors (Lipinski definition) is 1. The topological polar surface area (TPSA) is 55.4 Å². The second-order valence-electron chi connectivity index (χ2n) is 3.37. The smallest absolute Gasteiger partial charge is 0.157 e. The molecule has 2 unspecified atom stereocenters. The zero-order valence-electron chi connectivity index (χ0n) is 8.12. The average molecular weight is 207 g/mol. The molecule has 0 aromatic carbocycles. The lowest BCUT2D eigenvalue weighted by atomic mass is 10.3. The van der Waals surface area contributed by atoms with E-state index in [1.165, 1.54) is 0 Å². The summed E-state index contributed by atoms with van der Waals surface area (Å²) in [6, 6.07) is 0. The average Bonchev–Trinajstić information content (AvgIpc) is 2.48. The van der Waals surface area contributed by atoms with Crippen LogP contribution in [0.2, 0.25) is 0 Å². The number of nitrogens with one attached hydrogen (secondary N) is 1. The van der Waals surface area contributed by atoms with Crippen LogP contribution in [-0.4, -0.2) is 45.7 Å². The summed E-state index contributed by atoms with van der Waals surface area (Å²) in [5, 5.41) is 2.55. The number of rotatable bonds is 4. The zero-order valence-corrected chi connectivity index (χ0v) is 8.93. The normalized spacial score (nSPS) is 29.4. The second-order valence-corrected chi connectivity index (χ2v) is 5.71. The Hall–Kier alpha value is -0.130. The van der Waals surface area contributed by atoms with E-state index < -0.39 is 9.84 Å². The molecule has 0 saturated carbocycles. The van der Waals surface area contributed by atoms with Crippen molar-refractivity contribution in [3.05, 3.63) is 0 Å². The summed E-state index contributed by atoms with van der Waals surface area (Å²) in [5.74, 6) is 0.210. The zero-order chi connectivity index (χ0) is 9.90. The van der Waals surface area contributed by atoms with Gasteiger partial charge in [0.15, 0.2) is 9.84 Å². The van der Waals surface area contributed by atoms with Crippen molar-refractivity contribution < 1.29 is 13.2 Å². The van der Waals surface area contributed by atoms with Crippen molar-refractivity contribution in [3.8, 4) is 0 Å². The molecular weight excluding hydrogens is 190 g/mol. The van der Waals surface area contributed by atoms with Crippen molar-refractivity contribution in [2.75, 3.05) is 26.0 Å². The third-order valence-corrected chi connectivity index (χ3v) is 4.72. The Morgan fingerprint density at radius 1 is 1.54 bits per heavy atom. The standard InChI is InChI=1S/C8H17NO3S/c1-7-8(3-5-12-7)13(10,11)6-4-9-2/h7-9H,3-6H2,1-2H3. The van der Waals surface area contributed by atoms with Crippen molar-refractivity contribution in [3.63, 3.8) is 0 Å². The lowest BCUT2D eigenvalue weighted by Crippen LogP contribution is -2.33. The molecule has 1 heterocycles. The molecule has 0 radical (unpaired) electrons. The molecule has 0 spiro atoms. The van der Waals surface area contributed by atoms with Crippen molar-refractivity contribution in [2.45, 2.75) is 24.7 Å². The first-order chi connectivity index (χ1) is 6.08. The number of hydrogen-bond acceptors (Lipinski definition) is 4. The summed E-state index contributed by atoms with van der Waals surface area (Å²) >= 11 is 0. The largest absolute Gasteiger partial charge is 0.377 e. The van der Waals surface area contributed by atoms with Crippen LogP contribution in [-0.2, 0) is 14.6 Å². The molecule has 1 saturated heterocycles. The quantitative estimate of drug-likeness (QED) is 0.693. The summed E-state index contributed by atoms with van der Waals surface area (Å²) in [4.78, 5) is 0.